The molecule has 5 N–H and O–H groups in total. The molecule has 17 nitrogen and oxygen atoms in total. The number of nitrogens with one attached hydrogen (secondary N) is 2. The number of phenols is 1. The fourth-order valence-electron chi connectivity index (χ4n) is 7.89. The first-order valence-corrected chi connectivity index (χ1v) is 24.4. The maximum atomic E-state index is 13.3. The molecule has 6 rings (SSSR count). The molecule has 3 amide bonds. The molecule has 1 aromatic heterocycles. The van der Waals surface area contributed by atoms with Gasteiger partial charge in [0.25, 0.3) is 11.8 Å². The molecular weight excluding hydrogens is 983 g/mol. The molecule has 2 fully saturated rings. The van der Waals surface area contributed by atoms with Crippen LogP contribution < -0.4 is 15.4 Å². The Morgan fingerprint density at radius 3 is 2.19 bits per heavy atom. The number of rotatable bonds is 19. The van der Waals surface area contributed by atoms with Gasteiger partial charge in [0, 0.05) is 57.1 Å². The zero-order chi connectivity index (χ0) is 53.2. The molecule has 0 radical (unpaired) electrons. The lowest BCUT2D eigenvalue weighted by Gasteiger charge is -2.47. The highest BCUT2D eigenvalue weighted by atomic mass is 32.1. The normalized spacial score (nSPS) is 15.7. The monoisotopic (exact) mass is 1050 g/mol. The highest BCUT2D eigenvalue weighted by Crippen LogP contribution is 2.39. The van der Waals surface area contributed by atoms with E-state index in [0.29, 0.717) is 101 Å². The van der Waals surface area contributed by atoms with Gasteiger partial charge in [0.2, 0.25) is 5.91 Å². The summed E-state index contributed by atoms with van der Waals surface area (Å²) in [6.07, 6.45) is -5.57. The summed E-state index contributed by atoms with van der Waals surface area (Å²) in [5, 5.41) is 33.4. The number of piperidine rings is 1. The van der Waals surface area contributed by atoms with E-state index in [1.807, 2.05) is 21.2 Å². The lowest BCUT2D eigenvalue weighted by molar-refractivity contribution is -0.193. The number of aromatic hydroxyl groups is 1. The highest BCUT2D eigenvalue weighted by Gasteiger charge is 2.42. The Balaban J connectivity index is 0.000000703. The third-order valence-corrected chi connectivity index (χ3v) is 12.8. The number of benzene rings is 2. The van der Waals surface area contributed by atoms with E-state index in [-0.39, 0.29) is 35.7 Å². The second-order valence-electron chi connectivity index (χ2n) is 18.1. The van der Waals surface area contributed by atoms with E-state index >= 15 is 0 Å². The molecule has 0 bridgehead atoms. The van der Waals surface area contributed by atoms with Crippen LogP contribution in [0.3, 0.4) is 0 Å². The van der Waals surface area contributed by atoms with Crippen LogP contribution >= 0.6 is 11.3 Å². The topological polar surface area (TPSA) is 220 Å². The van der Waals surface area contributed by atoms with Crippen LogP contribution in [0.5, 0.6) is 11.5 Å². The number of fused-ring (bicyclic) bond motifs is 1. The number of nitrogens with zero attached hydrogens (tertiary/aromatic N) is 4. The van der Waals surface area contributed by atoms with Gasteiger partial charge in [-0.2, -0.15) is 26.3 Å². The molecule has 72 heavy (non-hydrogen) atoms. The smallest absolute Gasteiger partial charge is 0.490 e. The maximum absolute atomic E-state index is 13.3. The minimum absolute atomic E-state index is 0.0113. The fraction of sp³-hybridized carbons (Fsp3) is 0.583. The molecule has 0 saturated carbocycles. The van der Waals surface area contributed by atoms with Crippen molar-refractivity contribution in [3.8, 4) is 11.5 Å². The van der Waals surface area contributed by atoms with Crippen LogP contribution in [0, 0.1) is 5.92 Å². The van der Waals surface area contributed by atoms with E-state index in [1.54, 1.807) is 17.4 Å². The minimum Gasteiger partial charge on any atom is -0.506 e. The maximum Gasteiger partial charge on any atom is 0.490 e. The Morgan fingerprint density at radius 1 is 0.931 bits per heavy atom. The third-order valence-electron chi connectivity index (χ3n) is 11.6. The number of amides is 3. The van der Waals surface area contributed by atoms with Gasteiger partial charge in [-0.15, -0.1) is 11.3 Å². The summed E-state index contributed by atoms with van der Waals surface area (Å²) in [6, 6.07) is 12.1. The largest absolute Gasteiger partial charge is 0.506 e. The van der Waals surface area contributed by atoms with Crippen LogP contribution in [-0.2, 0) is 47.9 Å². The number of halogens is 6. The number of alkyl halides is 6. The van der Waals surface area contributed by atoms with Gasteiger partial charge >= 0.3 is 24.3 Å². The van der Waals surface area contributed by atoms with Gasteiger partial charge in [-0.25, -0.2) is 14.6 Å². The standard InChI is InChI=1S/C44H62N6O7S.2C2HF3O2/c1-31(2)27-49(21-17-45-16-10-35-8-9-37(51)40-41(35)56-28-38(52)47-40)39(53)13-24-55-23-12-34-7-5-6-33(26-34)11-18-48-19-14-44(15-20-48)30-50(22-25-57-44)43(54)36-29-58-42(46-36)32(3)4;2*3-2(4,5)1(6)7/h5-9,26,29,31-32,45,51H,10-25,27-28,30H2,1-4H3,(H,47,52);2*(H,6,7). The van der Waals surface area contributed by atoms with Gasteiger partial charge in [0.15, 0.2) is 12.4 Å². The molecule has 24 heteroatoms. The molecule has 3 aliphatic rings. The summed E-state index contributed by atoms with van der Waals surface area (Å²) in [5.41, 5.74) is 4.06. The molecule has 0 unspecified atom stereocenters. The van der Waals surface area contributed by atoms with Crippen LogP contribution in [0.15, 0.2) is 41.8 Å². The number of hydrogen-bond acceptors (Lipinski definition) is 13. The van der Waals surface area contributed by atoms with Gasteiger partial charge in [0.05, 0.1) is 43.4 Å². The molecule has 400 valence electrons. The molecule has 3 aromatic rings. The molecular formula is C48H64F6N6O11S. The number of ether oxygens (including phenoxy) is 3. The number of carbonyl (C=O) groups is 5. The number of hydrogen-bond donors (Lipinski definition) is 5. The van der Waals surface area contributed by atoms with Crippen LogP contribution in [0.4, 0.5) is 32.0 Å². The van der Waals surface area contributed by atoms with E-state index in [4.69, 9.17) is 34.0 Å². The van der Waals surface area contributed by atoms with Crippen molar-refractivity contribution in [3.63, 3.8) is 0 Å². The van der Waals surface area contributed by atoms with Crippen molar-refractivity contribution in [1.29, 1.82) is 0 Å². The number of aliphatic carboxylic acids is 2. The number of thiazole rings is 1. The third kappa shape index (κ3) is 19.1. The second kappa shape index (κ2) is 27.5. The fourth-order valence-corrected chi connectivity index (χ4v) is 8.70. The first kappa shape index (κ1) is 59.0. The number of phenolic OH excluding ortho intramolecular Hbond substituents is 1. The van der Waals surface area contributed by atoms with Crippen molar-refractivity contribution in [1.82, 2.24) is 25.0 Å². The summed E-state index contributed by atoms with van der Waals surface area (Å²) in [4.78, 5) is 66.9. The lowest BCUT2D eigenvalue weighted by Crippen LogP contribution is -2.58. The number of morpholine rings is 1. The van der Waals surface area contributed by atoms with Gasteiger partial charge in [0.1, 0.15) is 17.1 Å². The van der Waals surface area contributed by atoms with Crippen molar-refractivity contribution >= 4 is 46.7 Å². The second-order valence-corrected chi connectivity index (χ2v) is 19.0. The molecule has 4 heterocycles. The van der Waals surface area contributed by atoms with E-state index < -0.39 is 24.3 Å². The lowest BCUT2D eigenvalue weighted by atomic mass is 9.89. The van der Waals surface area contributed by atoms with Crippen molar-refractivity contribution in [3.05, 3.63) is 69.2 Å². The Morgan fingerprint density at radius 2 is 1.58 bits per heavy atom. The SMILES string of the molecule is CC(C)CN(CCNCCc1ccc(O)c2c1OCC(=O)N2)C(=O)CCOCCc1cccc(CCN2CCC3(CC2)CN(C(=O)c2csc(C(C)C)n2)CCO3)c1.O=C(O)C(F)(F)F.O=C(O)C(F)(F)F. The van der Waals surface area contributed by atoms with Gasteiger partial charge in [-0.3, -0.25) is 14.4 Å². The van der Waals surface area contributed by atoms with Gasteiger partial charge in [-0.1, -0.05) is 58.0 Å². The summed E-state index contributed by atoms with van der Waals surface area (Å²) in [5.74, 6) is -4.51. The Bertz CT molecular complexity index is 2250. The van der Waals surface area contributed by atoms with E-state index in [9.17, 15) is 45.8 Å². The van der Waals surface area contributed by atoms with Crippen LogP contribution in [0.25, 0.3) is 0 Å². The predicted molar refractivity (Wildman–Crippen MR) is 253 cm³/mol. The summed E-state index contributed by atoms with van der Waals surface area (Å²) in [6.45, 7) is 16.6. The predicted octanol–water partition coefficient (Wildman–Crippen LogP) is 6.39. The van der Waals surface area contributed by atoms with Crippen LogP contribution in [0.1, 0.15) is 85.1 Å². The first-order valence-electron chi connectivity index (χ1n) is 23.5. The van der Waals surface area contributed by atoms with Crippen molar-refractivity contribution in [2.45, 2.75) is 90.1 Å². The number of likely N-dealkylation sites (tertiary alicyclic amines) is 1. The quantitative estimate of drug-likeness (QED) is 0.0500. The van der Waals surface area contributed by atoms with Crippen molar-refractivity contribution in [2.24, 2.45) is 5.92 Å². The van der Waals surface area contributed by atoms with Gasteiger partial charge in [-0.05, 0) is 67.3 Å². The molecule has 1 spiro atoms. The zero-order valence-electron chi connectivity index (χ0n) is 40.7. The van der Waals surface area contributed by atoms with E-state index in [2.05, 4.69) is 72.5 Å². The van der Waals surface area contributed by atoms with Gasteiger partial charge < -0.3 is 54.9 Å². The molecule has 2 saturated heterocycles. The average Bonchev–Trinajstić information content (AvgIpc) is 3.82. The summed E-state index contributed by atoms with van der Waals surface area (Å²) >= 11 is 1.57. The van der Waals surface area contributed by atoms with Crippen LogP contribution in [-0.4, -0.2) is 168 Å². The molecule has 0 aliphatic carbocycles. The Hall–Kier alpha value is -5.56. The molecule has 2 aromatic carbocycles. The Labute approximate surface area is 417 Å². The highest BCUT2D eigenvalue weighted by molar-refractivity contribution is 7.09. The van der Waals surface area contributed by atoms with E-state index in [1.165, 1.54) is 11.1 Å². The number of carboxylic acids is 2. The molecule has 0 atom stereocenters. The Kier molecular flexibility index (Phi) is 22.5. The first-order chi connectivity index (χ1) is 33.9. The van der Waals surface area contributed by atoms with E-state index in [0.717, 1.165) is 55.9 Å². The number of aromatic nitrogens is 1. The molecule has 3 aliphatic heterocycles. The average molecular weight is 1050 g/mol. The van der Waals surface area contributed by atoms with Crippen molar-refractivity contribution in [2.75, 3.05) is 90.6 Å². The minimum atomic E-state index is -5.08. The number of carbonyl (C=O) groups excluding carboxylic acids is 3. The van der Waals surface area contributed by atoms with Crippen LogP contribution in [0.2, 0.25) is 0 Å². The summed E-state index contributed by atoms with van der Waals surface area (Å²) in [7, 11) is 0. The summed E-state index contributed by atoms with van der Waals surface area (Å²) < 4.78 is 81.4. The zero-order valence-corrected chi connectivity index (χ0v) is 41.5. The van der Waals surface area contributed by atoms with Crippen molar-refractivity contribution < 1.29 is 79.8 Å². The number of carboxylic acid groups (broad SMARTS) is 2. The number of anilines is 1.